The van der Waals surface area contributed by atoms with Crippen molar-refractivity contribution in [2.45, 2.75) is 44.8 Å². The van der Waals surface area contributed by atoms with E-state index in [0.29, 0.717) is 11.3 Å². The van der Waals surface area contributed by atoms with Crippen molar-refractivity contribution in [3.63, 3.8) is 0 Å². The number of furan rings is 1. The van der Waals surface area contributed by atoms with Gasteiger partial charge in [0.25, 0.3) is 0 Å². The maximum Gasteiger partial charge on any atom is 0.319 e. The molecule has 0 spiro atoms. The average Bonchev–Trinajstić information content (AvgIpc) is 2.83. The Labute approximate surface area is 123 Å². The number of aliphatic hydroxyl groups excluding tert-OH is 1. The number of aliphatic hydroxyl groups is 1. The molecule has 1 heterocycles. The second-order valence-electron chi connectivity index (χ2n) is 5.68. The first-order valence-corrected chi connectivity index (χ1v) is 7.36. The van der Waals surface area contributed by atoms with Gasteiger partial charge in [-0.25, -0.2) is 4.79 Å². The number of amides is 2. The molecule has 0 bridgehead atoms. The van der Waals surface area contributed by atoms with Crippen molar-refractivity contribution in [3.05, 3.63) is 30.0 Å². The lowest BCUT2D eigenvalue weighted by Crippen LogP contribution is -2.40. The van der Waals surface area contributed by atoms with Crippen molar-refractivity contribution in [1.82, 2.24) is 5.32 Å². The number of hydrogen-bond donors (Lipinski definition) is 3. The summed E-state index contributed by atoms with van der Waals surface area (Å²) in [6, 6.07) is 7.53. The van der Waals surface area contributed by atoms with E-state index in [-0.39, 0.29) is 18.2 Å². The quantitative estimate of drug-likeness (QED) is 0.794. The van der Waals surface area contributed by atoms with Crippen LogP contribution >= 0.6 is 0 Å². The van der Waals surface area contributed by atoms with Crippen molar-refractivity contribution in [3.8, 4) is 0 Å². The highest BCUT2D eigenvalue weighted by atomic mass is 16.3. The maximum atomic E-state index is 12.1. The number of aryl methyl sites for hydroxylation is 1. The minimum Gasteiger partial charge on any atom is -0.459 e. The van der Waals surface area contributed by atoms with E-state index in [4.69, 9.17) is 4.42 Å². The van der Waals surface area contributed by atoms with E-state index in [1.165, 1.54) is 0 Å². The summed E-state index contributed by atoms with van der Waals surface area (Å²) in [5, 5.41) is 16.3. The van der Waals surface area contributed by atoms with Crippen molar-refractivity contribution in [1.29, 1.82) is 0 Å². The zero-order valence-corrected chi connectivity index (χ0v) is 12.1. The minimum absolute atomic E-state index is 0.131. The van der Waals surface area contributed by atoms with Gasteiger partial charge in [0.2, 0.25) is 0 Å². The largest absolute Gasteiger partial charge is 0.459 e. The number of nitrogens with one attached hydrogen (secondary N) is 2. The van der Waals surface area contributed by atoms with Gasteiger partial charge in [-0.2, -0.15) is 0 Å². The summed E-state index contributed by atoms with van der Waals surface area (Å²) in [5.74, 6) is 0.820. The van der Waals surface area contributed by atoms with E-state index >= 15 is 0 Å². The van der Waals surface area contributed by atoms with E-state index in [9.17, 15) is 9.90 Å². The Hall–Kier alpha value is -2.01. The van der Waals surface area contributed by atoms with Gasteiger partial charge in [-0.05, 0) is 44.7 Å². The molecule has 5 heteroatoms. The topological polar surface area (TPSA) is 74.5 Å². The first-order valence-electron chi connectivity index (χ1n) is 7.36. The Bertz CT molecular complexity index is 642. The fourth-order valence-corrected chi connectivity index (χ4v) is 2.85. The predicted octanol–water partition coefficient (Wildman–Crippen LogP) is 3.17. The zero-order chi connectivity index (χ0) is 14.8. The third-order valence-corrected chi connectivity index (χ3v) is 3.95. The summed E-state index contributed by atoms with van der Waals surface area (Å²) in [4.78, 5) is 12.1. The van der Waals surface area contributed by atoms with E-state index in [0.717, 1.165) is 36.8 Å². The third kappa shape index (κ3) is 3.19. The van der Waals surface area contributed by atoms with Gasteiger partial charge in [0.05, 0.1) is 11.8 Å². The van der Waals surface area contributed by atoms with Gasteiger partial charge >= 0.3 is 6.03 Å². The lowest BCUT2D eigenvalue weighted by molar-refractivity contribution is 0.118. The standard InChI is InChI=1S/C16H20N2O3/c1-10-9-11-3-2-4-14(15(11)21-10)18-16(20)17-12-5-7-13(19)8-6-12/h2-4,9,12-13,19H,5-8H2,1H3,(H2,17,18,20). The molecule has 112 valence electrons. The molecule has 21 heavy (non-hydrogen) atoms. The Balaban J connectivity index is 1.66. The average molecular weight is 288 g/mol. The zero-order valence-electron chi connectivity index (χ0n) is 12.1. The molecule has 0 aliphatic heterocycles. The molecule has 2 amide bonds. The summed E-state index contributed by atoms with van der Waals surface area (Å²) in [6.45, 7) is 1.89. The van der Waals surface area contributed by atoms with Crippen molar-refractivity contribution >= 4 is 22.7 Å². The predicted molar refractivity (Wildman–Crippen MR) is 81.4 cm³/mol. The number of urea groups is 1. The normalized spacial score (nSPS) is 22.2. The van der Waals surface area contributed by atoms with Gasteiger partial charge < -0.3 is 20.2 Å². The minimum atomic E-state index is -0.224. The molecule has 0 radical (unpaired) electrons. The lowest BCUT2D eigenvalue weighted by atomic mass is 9.93. The van der Waals surface area contributed by atoms with Crippen LogP contribution in [-0.4, -0.2) is 23.3 Å². The molecule has 1 saturated carbocycles. The number of benzene rings is 1. The Morgan fingerprint density at radius 1 is 1.29 bits per heavy atom. The highest BCUT2D eigenvalue weighted by Gasteiger charge is 2.21. The first kappa shape index (κ1) is 13.9. The van der Waals surface area contributed by atoms with Crippen LogP contribution < -0.4 is 10.6 Å². The van der Waals surface area contributed by atoms with Crippen LogP contribution in [0.4, 0.5) is 10.5 Å². The molecular formula is C16H20N2O3. The van der Waals surface area contributed by atoms with E-state index < -0.39 is 0 Å². The fourth-order valence-electron chi connectivity index (χ4n) is 2.85. The number of para-hydroxylation sites is 1. The summed E-state index contributed by atoms with van der Waals surface area (Å²) in [7, 11) is 0. The number of hydrogen-bond acceptors (Lipinski definition) is 3. The second kappa shape index (κ2) is 5.77. The highest BCUT2D eigenvalue weighted by molar-refractivity contribution is 5.99. The van der Waals surface area contributed by atoms with E-state index in [1.54, 1.807) is 0 Å². The third-order valence-electron chi connectivity index (χ3n) is 3.95. The Morgan fingerprint density at radius 2 is 2.05 bits per heavy atom. The van der Waals surface area contributed by atoms with Gasteiger partial charge in [0, 0.05) is 11.4 Å². The number of rotatable bonds is 2. The van der Waals surface area contributed by atoms with Crippen molar-refractivity contribution < 1.29 is 14.3 Å². The fraction of sp³-hybridized carbons (Fsp3) is 0.438. The summed E-state index contributed by atoms with van der Waals surface area (Å²) in [5.41, 5.74) is 1.37. The second-order valence-corrected chi connectivity index (χ2v) is 5.68. The molecule has 1 fully saturated rings. The molecule has 2 aromatic rings. The van der Waals surface area contributed by atoms with E-state index in [2.05, 4.69) is 10.6 Å². The maximum absolute atomic E-state index is 12.1. The van der Waals surface area contributed by atoms with Crippen LogP contribution in [0.5, 0.6) is 0 Å². The van der Waals surface area contributed by atoms with Gasteiger partial charge in [-0.3, -0.25) is 0 Å². The molecule has 1 aliphatic carbocycles. The molecule has 1 aliphatic rings. The van der Waals surface area contributed by atoms with Crippen LogP contribution in [0.25, 0.3) is 11.0 Å². The van der Waals surface area contributed by atoms with Crippen LogP contribution in [0.1, 0.15) is 31.4 Å². The molecule has 3 N–H and O–H groups in total. The van der Waals surface area contributed by atoms with Crippen LogP contribution in [0.15, 0.2) is 28.7 Å². The van der Waals surface area contributed by atoms with Crippen LogP contribution in [0, 0.1) is 6.92 Å². The number of anilines is 1. The smallest absolute Gasteiger partial charge is 0.319 e. The van der Waals surface area contributed by atoms with E-state index in [1.807, 2.05) is 31.2 Å². The van der Waals surface area contributed by atoms with Crippen molar-refractivity contribution in [2.75, 3.05) is 5.32 Å². The van der Waals surface area contributed by atoms with Crippen LogP contribution in [-0.2, 0) is 0 Å². The van der Waals surface area contributed by atoms with Gasteiger partial charge in [0.15, 0.2) is 5.58 Å². The molecule has 3 rings (SSSR count). The SMILES string of the molecule is Cc1cc2cccc(NC(=O)NC3CCC(O)CC3)c2o1. The molecule has 0 saturated heterocycles. The lowest BCUT2D eigenvalue weighted by Gasteiger charge is -2.26. The molecule has 1 aromatic carbocycles. The van der Waals surface area contributed by atoms with Crippen molar-refractivity contribution in [2.24, 2.45) is 0 Å². The molecule has 5 nitrogen and oxygen atoms in total. The molecule has 0 unspecified atom stereocenters. The van der Waals surface area contributed by atoms with Gasteiger partial charge in [-0.15, -0.1) is 0 Å². The monoisotopic (exact) mass is 288 g/mol. The molecular weight excluding hydrogens is 268 g/mol. The molecule has 1 aromatic heterocycles. The van der Waals surface area contributed by atoms with Crippen LogP contribution in [0.3, 0.4) is 0 Å². The molecule has 0 atom stereocenters. The van der Waals surface area contributed by atoms with Gasteiger partial charge in [0.1, 0.15) is 5.76 Å². The van der Waals surface area contributed by atoms with Gasteiger partial charge in [-0.1, -0.05) is 12.1 Å². The first-order chi connectivity index (χ1) is 10.1. The summed E-state index contributed by atoms with van der Waals surface area (Å²) < 4.78 is 5.63. The summed E-state index contributed by atoms with van der Waals surface area (Å²) in [6.07, 6.45) is 2.92. The number of fused-ring (bicyclic) bond motifs is 1. The number of carbonyl (C=O) groups is 1. The van der Waals surface area contributed by atoms with Crippen LogP contribution in [0.2, 0.25) is 0 Å². The number of carbonyl (C=O) groups excluding carboxylic acids is 1. The summed E-state index contributed by atoms with van der Waals surface area (Å²) >= 11 is 0. The Kier molecular flexibility index (Phi) is 3.84. The highest BCUT2D eigenvalue weighted by Crippen LogP contribution is 2.26. The Morgan fingerprint density at radius 3 is 2.81 bits per heavy atom.